The van der Waals surface area contributed by atoms with Crippen molar-refractivity contribution in [2.75, 3.05) is 5.73 Å². The van der Waals surface area contributed by atoms with Crippen LogP contribution >= 0.6 is 0 Å². The van der Waals surface area contributed by atoms with Gasteiger partial charge in [0.25, 0.3) is 5.69 Å². The first kappa shape index (κ1) is 18.1. The molecule has 0 spiro atoms. The predicted octanol–water partition coefficient (Wildman–Crippen LogP) is 3.23. The molecular weight excluding hydrogens is 355 g/mol. The third-order valence-electron chi connectivity index (χ3n) is 3.12. The second-order valence-electron chi connectivity index (χ2n) is 4.65. The van der Waals surface area contributed by atoms with Gasteiger partial charge >= 0.3 is 5.97 Å². The summed E-state index contributed by atoms with van der Waals surface area (Å²) in [6.45, 7) is -1.30. The zero-order valence-electron chi connectivity index (χ0n) is 12.0. The van der Waals surface area contributed by atoms with Crippen molar-refractivity contribution in [3.63, 3.8) is 0 Å². The van der Waals surface area contributed by atoms with E-state index < -0.39 is 63.4 Å². The molecule has 2 N–H and O–H groups in total. The maximum absolute atomic E-state index is 13.5. The van der Waals surface area contributed by atoms with Crippen LogP contribution in [-0.4, -0.2) is 10.9 Å². The average molecular weight is 362 g/mol. The SMILES string of the molecule is Nc1ccc([N+](=O)[O-])cc1C(=O)OCc1c(F)c(F)c(F)c(F)c1F. The summed E-state index contributed by atoms with van der Waals surface area (Å²) in [5.41, 5.74) is 2.82. The number of nitrogens with two attached hydrogens (primary N) is 1. The molecule has 0 radical (unpaired) electrons. The number of anilines is 1. The number of carbonyl (C=O) groups excluding carboxylic acids is 1. The number of esters is 1. The van der Waals surface area contributed by atoms with Crippen LogP contribution in [0.15, 0.2) is 18.2 Å². The van der Waals surface area contributed by atoms with Crippen LogP contribution in [0.25, 0.3) is 0 Å². The van der Waals surface area contributed by atoms with Crippen LogP contribution < -0.4 is 5.73 Å². The summed E-state index contributed by atoms with van der Waals surface area (Å²) in [6, 6.07) is 2.76. The van der Waals surface area contributed by atoms with Gasteiger partial charge in [0.15, 0.2) is 23.3 Å². The summed E-state index contributed by atoms with van der Waals surface area (Å²) < 4.78 is 70.5. The van der Waals surface area contributed by atoms with Crippen molar-refractivity contribution < 1.29 is 36.4 Å². The molecule has 0 aliphatic rings. The number of non-ortho nitro benzene ring substituents is 1. The Labute approximate surface area is 135 Å². The number of halogens is 5. The van der Waals surface area contributed by atoms with E-state index in [1.165, 1.54) is 0 Å². The number of carbonyl (C=O) groups is 1. The number of hydrogen-bond acceptors (Lipinski definition) is 5. The molecule has 2 rings (SSSR count). The molecule has 0 fully saturated rings. The minimum absolute atomic E-state index is 0.243. The lowest BCUT2D eigenvalue weighted by molar-refractivity contribution is -0.384. The Morgan fingerprint density at radius 2 is 1.56 bits per heavy atom. The van der Waals surface area contributed by atoms with Gasteiger partial charge < -0.3 is 10.5 Å². The van der Waals surface area contributed by atoms with Gasteiger partial charge in [-0.3, -0.25) is 10.1 Å². The van der Waals surface area contributed by atoms with Crippen molar-refractivity contribution in [1.29, 1.82) is 0 Å². The van der Waals surface area contributed by atoms with Gasteiger partial charge in [0.1, 0.15) is 6.61 Å². The average Bonchev–Trinajstić information content (AvgIpc) is 2.58. The van der Waals surface area contributed by atoms with Crippen LogP contribution in [0.3, 0.4) is 0 Å². The molecule has 0 bridgehead atoms. The van der Waals surface area contributed by atoms with Gasteiger partial charge in [-0.2, -0.15) is 0 Å². The first-order chi connectivity index (χ1) is 11.6. The number of benzene rings is 2. The van der Waals surface area contributed by atoms with Crippen molar-refractivity contribution in [3.8, 4) is 0 Å². The number of nitrogen functional groups attached to an aromatic ring is 1. The number of rotatable bonds is 4. The highest BCUT2D eigenvalue weighted by atomic mass is 19.2. The molecule has 6 nitrogen and oxygen atoms in total. The summed E-state index contributed by atoms with van der Waals surface area (Å²) in [6.07, 6.45) is 0. The Bertz CT molecular complexity index is 859. The molecule has 0 aliphatic carbocycles. The highest BCUT2D eigenvalue weighted by Gasteiger charge is 2.27. The monoisotopic (exact) mass is 362 g/mol. The van der Waals surface area contributed by atoms with Gasteiger partial charge in [-0.25, -0.2) is 26.7 Å². The van der Waals surface area contributed by atoms with E-state index >= 15 is 0 Å². The fourth-order valence-corrected chi connectivity index (χ4v) is 1.83. The standard InChI is InChI=1S/C14H7F5N2O4/c15-9-7(10(16)12(18)13(19)11(9)17)4-25-14(22)6-3-5(21(23)24)1-2-8(6)20/h1-3H,4,20H2. The molecule has 0 saturated carbocycles. The molecule has 0 aromatic heterocycles. The van der Waals surface area contributed by atoms with E-state index in [-0.39, 0.29) is 5.69 Å². The van der Waals surface area contributed by atoms with Crippen molar-refractivity contribution in [3.05, 3.63) is 68.5 Å². The van der Waals surface area contributed by atoms with Crippen molar-refractivity contribution >= 4 is 17.3 Å². The van der Waals surface area contributed by atoms with Crippen LogP contribution in [0, 0.1) is 39.2 Å². The number of ether oxygens (including phenoxy) is 1. The van der Waals surface area contributed by atoms with Gasteiger partial charge in [-0.1, -0.05) is 0 Å². The predicted molar refractivity (Wildman–Crippen MR) is 72.9 cm³/mol. The lowest BCUT2D eigenvalue weighted by Crippen LogP contribution is -2.13. The van der Waals surface area contributed by atoms with Gasteiger partial charge in [-0.15, -0.1) is 0 Å². The molecule has 0 amide bonds. The second kappa shape index (κ2) is 6.71. The Morgan fingerprint density at radius 3 is 2.08 bits per heavy atom. The Morgan fingerprint density at radius 1 is 1.04 bits per heavy atom. The summed E-state index contributed by atoms with van der Waals surface area (Å²) in [7, 11) is 0. The zero-order chi connectivity index (χ0) is 18.9. The molecule has 132 valence electrons. The summed E-state index contributed by atoms with van der Waals surface area (Å²) in [4.78, 5) is 21.7. The summed E-state index contributed by atoms with van der Waals surface area (Å²) >= 11 is 0. The van der Waals surface area contributed by atoms with Gasteiger partial charge in [0.05, 0.1) is 16.1 Å². The molecular formula is C14H7F5N2O4. The zero-order valence-corrected chi connectivity index (χ0v) is 12.0. The van der Waals surface area contributed by atoms with Crippen molar-refractivity contribution in [2.45, 2.75) is 6.61 Å². The van der Waals surface area contributed by atoms with E-state index in [1.54, 1.807) is 0 Å². The van der Waals surface area contributed by atoms with E-state index in [9.17, 15) is 36.9 Å². The topological polar surface area (TPSA) is 95.5 Å². The van der Waals surface area contributed by atoms with Gasteiger partial charge in [0, 0.05) is 17.8 Å². The minimum Gasteiger partial charge on any atom is -0.457 e. The largest absolute Gasteiger partial charge is 0.457 e. The molecule has 2 aromatic rings. The number of nitrogens with zero attached hydrogens (tertiary/aromatic N) is 1. The Kier molecular flexibility index (Phi) is 4.86. The molecule has 25 heavy (non-hydrogen) atoms. The maximum atomic E-state index is 13.5. The van der Waals surface area contributed by atoms with Crippen molar-refractivity contribution in [2.24, 2.45) is 0 Å². The van der Waals surface area contributed by atoms with Gasteiger partial charge in [-0.05, 0) is 6.07 Å². The second-order valence-corrected chi connectivity index (χ2v) is 4.65. The van der Waals surface area contributed by atoms with Crippen LogP contribution in [0.4, 0.5) is 33.3 Å². The number of nitro groups is 1. The van der Waals surface area contributed by atoms with E-state index in [4.69, 9.17) is 5.73 Å². The van der Waals surface area contributed by atoms with E-state index in [1.807, 2.05) is 0 Å². The smallest absolute Gasteiger partial charge is 0.340 e. The molecule has 0 saturated heterocycles. The molecule has 2 aromatic carbocycles. The highest BCUT2D eigenvalue weighted by Crippen LogP contribution is 2.25. The lowest BCUT2D eigenvalue weighted by atomic mass is 10.1. The third kappa shape index (κ3) is 3.34. The van der Waals surface area contributed by atoms with E-state index in [0.29, 0.717) is 0 Å². The molecule has 11 heteroatoms. The first-order valence-electron chi connectivity index (χ1n) is 6.36. The third-order valence-corrected chi connectivity index (χ3v) is 3.12. The molecule has 0 heterocycles. The van der Waals surface area contributed by atoms with Crippen LogP contribution in [-0.2, 0) is 11.3 Å². The fourth-order valence-electron chi connectivity index (χ4n) is 1.83. The highest BCUT2D eigenvalue weighted by molar-refractivity contribution is 5.95. The fraction of sp³-hybridized carbons (Fsp3) is 0.0714. The van der Waals surface area contributed by atoms with Crippen LogP contribution in [0.5, 0.6) is 0 Å². The Balaban J connectivity index is 2.30. The van der Waals surface area contributed by atoms with Crippen LogP contribution in [0.2, 0.25) is 0 Å². The van der Waals surface area contributed by atoms with Crippen LogP contribution in [0.1, 0.15) is 15.9 Å². The summed E-state index contributed by atoms with van der Waals surface area (Å²) in [5.74, 6) is -12.4. The number of hydrogen-bond donors (Lipinski definition) is 1. The number of nitro benzene ring substituents is 1. The van der Waals surface area contributed by atoms with E-state index in [0.717, 1.165) is 18.2 Å². The molecule has 0 atom stereocenters. The van der Waals surface area contributed by atoms with Gasteiger partial charge in [0.2, 0.25) is 5.82 Å². The molecule has 0 unspecified atom stereocenters. The quantitative estimate of drug-likeness (QED) is 0.171. The van der Waals surface area contributed by atoms with E-state index in [2.05, 4.69) is 4.74 Å². The maximum Gasteiger partial charge on any atom is 0.340 e. The van der Waals surface area contributed by atoms with Crippen molar-refractivity contribution in [1.82, 2.24) is 0 Å². The molecule has 0 aliphatic heterocycles. The minimum atomic E-state index is -2.35. The Hall–Kier alpha value is -3.24. The normalized spacial score (nSPS) is 10.6. The lowest BCUT2D eigenvalue weighted by Gasteiger charge is -2.10. The first-order valence-corrected chi connectivity index (χ1v) is 6.36. The summed E-state index contributed by atoms with van der Waals surface area (Å²) in [5, 5.41) is 10.7.